The number of fused-ring (bicyclic) bond motifs is 6. The lowest BCUT2D eigenvalue weighted by Gasteiger charge is -2.11. The van der Waals surface area contributed by atoms with Crippen LogP contribution in [0.15, 0.2) is 138 Å². The van der Waals surface area contributed by atoms with Crippen LogP contribution in [0.4, 0.5) is 0 Å². The van der Waals surface area contributed by atoms with E-state index in [2.05, 4.69) is 120 Å². The summed E-state index contributed by atoms with van der Waals surface area (Å²) < 4.78 is 8.33. The normalized spacial score (nSPS) is 11.5. The van der Waals surface area contributed by atoms with Crippen LogP contribution in [0.25, 0.3) is 71.7 Å². The number of rotatable bonds is 3. The van der Waals surface area contributed by atoms with Crippen LogP contribution in [0.5, 0.6) is 0 Å². The van der Waals surface area contributed by atoms with Gasteiger partial charge in [0.05, 0.1) is 22.7 Å². The number of hydrogen-bond donors (Lipinski definition) is 0. The lowest BCUT2D eigenvalue weighted by molar-refractivity contribution is 0.669. The Morgan fingerprint density at radius 2 is 1.15 bits per heavy atom. The lowest BCUT2D eigenvalue weighted by Crippen LogP contribution is -1.94. The molecule has 0 saturated carbocycles. The van der Waals surface area contributed by atoms with E-state index in [1.807, 2.05) is 24.3 Å². The van der Waals surface area contributed by atoms with Crippen molar-refractivity contribution in [2.24, 2.45) is 0 Å². The van der Waals surface area contributed by atoms with E-state index < -0.39 is 0 Å². The topological polar surface area (TPSA) is 41.9 Å². The van der Waals surface area contributed by atoms with Gasteiger partial charge in [0.1, 0.15) is 11.2 Å². The van der Waals surface area contributed by atoms with Gasteiger partial charge in [0, 0.05) is 27.2 Å². The smallest absolute Gasteiger partial charge is 0.135 e. The molecule has 40 heavy (non-hydrogen) atoms. The monoisotopic (exact) mass is 510 g/mol. The second-order valence-electron chi connectivity index (χ2n) is 10.1. The largest absolute Gasteiger partial charge is 0.456 e. The highest BCUT2D eigenvalue weighted by atomic mass is 16.3. The highest BCUT2D eigenvalue weighted by Gasteiger charge is 2.14. The summed E-state index contributed by atoms with van der Waals surface area (Å²) in [5.74, 6) is 0. The third-order valence-electron chi connectivity index (χ3n) is 7.81. The molecule has 8 rings (SSSR count). The molecule has 0 aliphatic carbocycles. The zero-order valence-corrected chi connectivity index (χ0v) is 21.5. The molecule has 0 aliphatic rings. The number of aromatic nitrogens is 1. The first-order chi connectivity index (χ1) is 19.8. The van der Waals surface area contributed by atoms with E-state index in [0.29, 0.717) is 5.56 Å². The Hall–Kier alpha value is -5.59. The molecule has 0 fully saturated rings. The summed E-state index contributed by atoms with van der Waals surface area (Å²) in [7, 11) is 0. The van der Waals surface area contributed by atoms with Gasteiger partial charge in [-0.3, -0.25) is 0 Å². The van der Waals surface area contributed by atoms with Gasteiger partial charge in [0.25, 0.3) is 0 Å². The number of hydrogen-bond acceptors (Lipinski definition) is 2. The van der Waals surface area contributed by atoms with Crippen molar-refractivity contribution in [1.29, 1.82) is 5.26 Å². The Morgan fingerprint density at radius 3 is 2.00 bits per heavy atom. The lowest BCUT2D eigenvalue weighted by atomic mass is 9.97. The zero-order chi connectivity index (χ0) is 26.6. The van der Waals surface area contributed by atoms with Crippen LogP contribution in [0.1, 0.15) is 5.56 Å². The van der Waals surface area contributed by atoms with Crippen LogP contribution in [0.2, 0.25) is 0 Å². The molecule has 6 aromatic carbocycles. The summed E-state index contributed by atoms with van der Waals surface area (Å²) >= 11 is 0. The fourth-order valence-corrected chi connectivity index (χ4v) is 5.93. The van der Waals surface area contributed by atoms with Crippen molar-refractivity contribution in [2.45, 2.75) is 0 Å². The summed E-state index contributed by atoms with van der Waals surface area (Å²) in [4.78, 5) is 0. The standard InChI is InChI=1S/C37H22N2O/c38-23-24-15-17-35-32(19-24)30-11-1-3-13-34(30)39(35)29-10-6-9-27(21-29)25-7-5-8-26(20-25)28-16-18-37-33(22-28)31-12-2-4-14-36(31)40-37/h1-22H. The van der Waals surface area contributed by atoms with E-state index >= 15 is 0 Å². The van der Waals surface area contributed by atoms with Gasteiger partial charge in [-0.1, -0.05) is 72.8 Å². The second-order valence-corrected chi connectivity index (χ2v) is 10.1. The van der Waals surface area contributed by atoms with Crippen LogP contribution >= 0.6 is 0 Å². The molecule has 0 spiro atoms. The van der Waals surface area contributed by atoms with Crippen molar-refractivity contribution in [3.63, 3.8) is 0 Å². The fraction of sp³-hybridized carbons (Fsp3) is 0. The van der Waals surface area contributed by atoms with E-state index in [0.717, 1.165) is 71.7 Å². The predicted molar refractivity (Wildman–Crippen MR) is 164 cm³/mol. The molecular formula is C37H22N2O. The Kier molecular flexibility index (Phi) is 4.89. The first-order valence-corrected chi connectivity index (χ1v) is 13.3. The summed E-state index contributed by atoms with van der Waals surface area (Å²) in [6, 6.07) is 48.6. The SMILES string of the molecule is N#Cc1ccc2c(c1)c1ccccc1n2-c1cccc(-c2cccc(-c3ccc4oc5ccccc5c4c3)c2)c1. The van der Waals surface area contributed by atoms with Crippen molar-refractivity contribution >= 4 is 43.7 Å². The maximum Gasteiger partial charge on any atom is 0.135 e. The van der Waals surface area contributed by atoms with Crippen molar-refractivity contribution in [3.8, 4) is 34.0 Å². The minimum atomic E-state index is 0.669. The minimum absolute atomic E-state index is 0.669. The second kappa shape index (κ2) is 8.73. The molecule has 0 saturated heterocycles. The van der Waals surface area contributed by atoms with Gasteiger partial charge in [0.15, 0.2) is 0 Å². The highest BCUT2D eigenvalue weighted by molar-refractivity contribution is 6.10. The van der Waals surface area contributed by atoms with Gasteiger partial charge in [-0.25, -0.2) is 0 Å². The van der Waals surface area contributed by atoms with Crippen LogP contribution in [0, 0.1) is 11.3 Å². The molecule has 2 heterocycles. The Bertz CT molecular complexity index is 2290. The van der Waals surface area contributed by atoms with Crippen molar-refractivity contribution in [3.05, 3.63) is 139 Å². The molecule has 3 heteroatoms. The van der Waals surface area contributed by atoms with Crippen LogP contribution in [-0.2, 0) is 0 Å². The molecule has 0 unspecified atom stereocenters. The molecule has 0 amide bonds. The molecule has 0 aliphatic heterocycles. The van der Waals surface area contributed by atoms with Gasteiger partial charge >= 0.3 is 0 Å². The molecule has 0 radical (unpaired) electrons. The Balaban J connectivity index is 1.25. The van der Waals surface area contributed by atoms with E-state index in [1.165, 1.54) is 0 Å². The number of para-hydroxylation sites is 2. The average Bonchev–Trinajstić information content (AvgIpc) is 3.56. The average molecular weight is 511 g/mol. The third-order valence-corrected chi connectivity index (χ3v) is 7.81. The van der Waals surface area contributed by atoms with Gasteiger partial charge in [0.2, 0.25) is 0 Å². The summed E-state index contributed by atoms with van der Waals surface area (Å²) in [5, 5.41) is 14.0. The maximum absolute atomic E-state index is 9.49. The fourth-order valence-electron chi connectivity index (χ4n) is 5.93. The zero-order valence-electron chi connectivity index (χ0n) is 21.5. The minimum Gasteiger partial charge on any atom is -0.456 e. The number of nitriles is 1. The highest BCUT2D eigenvalue weighted by Crippen LogP contribution is 2.36. The summed E-state index contributed by atoms with van der Waals surface area (Å²) in [6.45, 7) is 0. The first-order valence-electron chi connectivity index (χ1n) is 13.3. The van der Waals surface area contributed by atoms with E-state index in [9.17, 15) is 5.26 Å². The Morgan fingerprint density at radius 1 is 0.475 bits per heavy atom. The summed E-state index contributed by atoms with van der Waals surface area (Å²) in [6.07, 6.45) is 0. The quantitative estimate of drug-likeness (QED) is 0.237. The van der Waals surface area contributed by atoms with Crippen molar-refractivity contribution in [1.82, 2.24) is 4.57 Å². The molecule has 186 valence electrons. The van der Waals surface area contributed by atoms with Gasteiger partial charge < -0.3 is 8.98 Å². The molecule has 2 aromatic heterocycles. The third kappa shape index (κ3) is 3.44. The van der Waals surface area contributed by atoms with Gasteiger partial charge in [-0.05, 0) is 82.9 Å². The van der Waals surface area contributed by atoms with Crippen LogP contribution in [-0.4, -0.2) is 4.57 Å². The molecule has 0 bridgehead atoms. The molecular weight excluding hydrogens is 488 g/mol. The van der Waals surface area contributed by atoms with Crippen molar-refractivity contribution in [2.75, 3.05) is 0 Å². The number of furan rings is 1. The van der Waals surface area contributed by atoms with Gasteiger partial charge in [-0.2, -0.15) is 5.26 Å². The maximum atomic E-state index is 9.49. The molecule has 8 aromatic rings. The van der Waals surface area contributed by atoms with Crippen LogP contribution in [0.3, 0.4) is 0 Å². The number of nitrogens with zero attached hydrogens (tertiary/aromatic N) is 2. The molecule has 0 atom stereocenters. The first kappa shape index (κ1) is 22.4. The van der Waals surface area contributed by atoms with Crippen molar-refractivity contribution < 1.29 is 4.42 Å². The van der Waals surface area contributed by atoms with E-state index in [1.54, 1.807) is 0 Å². The van der Waals surface area contributed by atoms with Crippen LogP contribution < -0.4 is 0 Å². The summed E-state index contributed by atoms with van der Waals surface area (Å²) in [5.41, 5.74) is 10.4. The van der Waals surface area contributed by atoms with Gasteiger partial charge in [-0.15, -0.1) is 0 Å². The van der Waals surface area contributed by atoms with E-state index in [4.69, 9.17) is 4.42 Å². The predicted octanol–water partition coefficient (Wildman–Crippen LogP) is 9.89. The molecule has 3 nitrogen and oxygen atoms in total. The molecule has 0 N–H and O–H groups in total. The Labute approximate surface area is 230 Å². The van der Waals surface area contributed by atoms with E-state index in [-0.39, 0.29) is 0 Å². The number of benzene rings is 6.